The van der Waals surface area contributed by atoms with E-state index in [0.29, 0.717) is 31.2 Å². The first kappa shape index (κ1) is 18.0. The van der Waals surface area contributed by atoms with Crippen molar-refractivity contribution in [3.8, 4) is 0 Å². The van der Waals surface area contributed by atoms with E-state index in [1.54, 1.807) is 40.4 Å². The van der Waals surface area contributed by atoms with Gasteiger partial charge in [-0.1, -0.05) is 0 Å². The molecule has 28 heavy (non-hydrogen) atoms. The van der Waals surface area contributed by atoms with Crippen LogP contribution in [0.5, 0.6) is 0 Å². The summed E-state index contributed by atoms with van der Waals surface area (Å²) in [5, 5.41) is 7.21. The number of amides is 2. The van der Waals surface area contributed by atoms with E-state index in [0.717, 1.165) is 6.42 Å². The molecule has 1 atom stereocenters. The SMILES string of the molecule is O=C(Nc1ccn(CCc2ccncc2)n1)[C@H]1CC(=O)N(Cc2ccco2)C1. The maximum absolute atomic E-state index is 12.5. The summed E-state index contributed by atoms with van der Waals surface area (Å²) >= 11 is 0. The van der Waals surface area contributed by atoms with Crippen LogP contribution in [-0.4, -0.2) is 38.0 Å². The zero-order valence-corrected chi connectivity index (χ0v) is 15.3. The number of hydrogen-bond donors (Lipinski definition) is 1. The monoisotopic (exact) mass is 379 g/mol. The number of carbonyl (C=O) groups excluding carboxylic acids is 2. The molecule has 0 aromatic carbocycles. The van der Waals surface area contributed by atoms with Crippen LogP contribution in [0.25, 0.3) is 0 Å². The molecule has 1 aliphatic heterocycles. The molecule has 144 valence electrons. The van der Waals surface area contributed by atoms with E-state index in [2.05, 4.69) is 15.4 Å². The van der Waals surface area contributed by atoms with Gasteiger partial charge in [0.2, 0.25) is 11.8 Å². The fourth-order valence-corrected chi connectivity index (χ4v) is 3.27. The van der Waals surface area contributed by atoms with E-state index >= 15 is 0 Å². The third kappa shape index (κ3) is 4.28. The molecule has 0 spiro atoms. The summed E-state index contributed by atoms with van der Waals surface area (Å²) in [4.78, 5) is 30.4. The topological polar surface area (TPSA) is 93.3 Å². The highest BCUT2D eigenvalue weighted by atomic mass is 16.3. The summed E-state index contributed by atoms with van der Waals surface area (Å²) in [6.07, 6.45) is 7.97. The Morgan fingerprint density at radius 2 is 2.11 bits per heavy atom. The highest BCUT2D eigenvalue weighted by molar-refractivity contribution is 5.96. The molecule has 1 saturated heterocycles. The van der Waals surface area contributed by atoms with Crippen LogP contribution in [0.1, 0.15) is 17.7 Å². The van der Waals surface area contributed by atoms with Gasteiger partial charge in [0.1, 0.15) is 5.76 Å². The Morgan fingerprint density at radius 1 is 1.25 bits per heavy atom. The summed E-state index contributed by atoms with van der Waals surface area (Å²) < 4.78 is 7.07. The second-order valence-corrected chi connectivity index (χ2v) is 6.81. The van der Waals surface area contributed by atoms with Crippen LogP contribution in [0.2, 0.25) is 0 Å². The largest absolute Gasteiger partial charge is 0.467 e. The van der Waals surface area contributed by atoms with Crippen LogP contribution >= 0.6 is 0 Å². The summed E-state index contributed by atoms with van der Waals surface area (Å²) in [6.45, 7) is 1.48. The molecule has 1 N–H and O–H groups in total. The summed E-state index contributed by atoms with van der Waals surface area (Å²) in [7, 11) is 0. The Morgan fingerprint density at radius 3 is 2.89 bits per heavy atom. The average Bonchev–Trinajstić information content (AvgIpc) is 3.44. The molecule has 0 radical (unpaired) electrons. The number of nitrogens with zero attached hydrogens (tertiary/aromatic N) is 4. The Bertz CT molecular complexity index is 936. The number of pyridine rings is 1. The third-order valence-corrected chi connectivity index (χ3v) is 4.78. The summed E-state index contributed by atoms with van der Waals surface area (Å²) in [5.41, 5.74) is 1.18. The number of aryl methyl sites for hydroxylation is 2. The van der Waals surface area contributed by atoms with Gasteiger partial charge in [0.05, 0.1) is 18.7 Å². The van der Waals surface area contributed by atoms with Gasteiger partial charge in [-0.25, -0.2) is 0 Å². The van der Waals surface area contributed by atoms with Crippen molar-refractivity contribution in [1.29, 1.82) is 0 Å². The minimum Gasteiger partial charge on any atom is -0.467 e. The van der Waals surface area contributed by atoms with Crippen molar-refractivity contribution in [3.63, 3.8) is 0 Å². The maximum Gasteiger partial charge on any atom is 0.230 e. The zero-order valence-electron chi connectivity index (χ0n) is 15.3. The van der Waals surface area contributed by atoms with Crippen LogP contribution in [0.15, 0.2) is 59.6 Å². The smallest absolute Gasteiger partial charge is 0.230 e. The second kappa shape index (κ2) is 8.08. The van der Waals surface area contributed by atoms with Crippen molar-refractivity contribution in [2.75, 3.05) is 11.9 Å². The Hall–Kier alpha value is -3.42. The molecule has 0 aliphatic carbocycles. The maximum atomic E-state index is 12.5. The van der Waals surface area contributed by atoms with Crippen molar-refractivity contribution in [3.05, 3.63) is 66.5 Å². The number of hydrogen-bond acceptors (Lipinski definition) is 5. The lowest BCUT2D eigenvalue weighted by atomic mass is 10.1. The Kier molecular flexibility index (Phi) is 5.18. The first-order chi connectivity index (χ1) is 13.7. The van der Waals surface area contributed by atoms with Crippen LogP contribution in [0.3, 0.4) is 0 Å². The third-order valence-electron chi connectivity index (χ3n) is 4.78. The first-order valence-corrected chi connectivity index (χ1v) is 9.21. The fourth-order valence-electron chi connectivity index (χ4n) is 3.27. The number of nitrogens with one attached hydrogen (secondary N) is 1. The van der Waals surface area contributed by atoms with Crippen molar-refractivity contribution >= 4 is 17.6 Å². The molecular weight excluding hydrogens is 358 g/mol. The highest BCUT2D eigenvalue weighted by Gasteiger charge is 2.34. The number of rotatable bonds is 7. The first-order valence-electron chi connectivity index (χ1n) is 9.21. The van der Waals surface area contributed by atoms with Crippen LogP contribution < -0.4 is 5.32 Å². The molecule has 2 amide bonds. The second-order valence-electron chi connectivity index (χ2n) is 6.81. The van der Waals surface area contributed by atoms with Crippen LogP contribution in [-0.2, 0) is 29.1 Å². The Labute approximate surface area is 162 Å². The molecule has 8 heteroatoms. The average molecular weight is 379 g/mol. The minimum absolute atomic E-state index is 0.0422. The quantitative estimate of drug-likeness (QED) is 0.679. The van der Waals surface area contributed by atoms with E-state index in [-0.39, 0.29) is 24.2 Å². The van der Waals surface area contributed by atoms with Gasteiger partial charge in [-0.15, -0.1) is 0 Å². The molecule has 0 unspecified atom stereocenters. The van der Waals surface area contributed by atoms with Crippen LogP contribution in [0, 0.1) is 5.92 Å². The fraction of sp³-hybridized carbons (Fsp3) is 0.300. The molecule has 1 aliphatic rings. The number of carbonyl (C=O) groups is 2. The lowest BCUT2D eigenvalue weighted by Crippen LogP contribution is -2.28. The molecule has 0 saturated carbocycles. The minimum atomic E-state index is -0.385. The van der Waals surface area contributed by atoms with Gasteiger partial charge in [0, 0.05) is 44.2 Å². The number of aromatic nitrogens is 3. The van der Waals surface area contributed by atoms with E-state index in [4.69, 9.17) is 4.42 Å². The summed E-state index contributed by atoms with van der Waals surface area (Å²) in [6, 6.07) is 9.31. The molecule has 4 rings (SSSR count). The van der Waals surface area contributed by atoms with E-state index in [9.17, 15) is 9.59 Å². The zero-order chi connectivity index (χ0) is 19.3. The van der Waals surface area contributed by atoms with Crippen molar-refractivity contribution in [2.24, 2.45) is 5.92 Å². The van der Waals surface area contributed by atoms with Gasteiger partial charge in [-0.2, -0.15) is 5.10 Å². The number of anilines is 1. The number of likely N-dealkylation sites (tertiary alicyclic amines) is 1. The van der Waals surface area contributed by atoms with Crippen molar-refractivity contribution in [1.82, 2.24) is 19.7 Å². The van der Waals surface area contributed by atoms with E-state index in [1.165, 1.54) is 5.56 Å². The standard InChI is InChI=1S/C20H21N5O3/c26-19-12-16(13-24(19)14-17-2-1-11-28-17)20(27)22-18-6-10-25(23-18)9-5-15-3-7-21-8-4-15/h1-4,6-8,10-11,16H,5,9,12-14H2,(H,22,23,27)/t16-/m0/s1. The van der Waals surface area contributed by atoms with Gasteiger partial charge in [-0.05, 0) is 36.2 Å². The molecule has 1 fully saturated rings. The van der Waals surface area contributed by atoms with Gasteiger partial charge in [-0.3, -0.25) is 19.3 Å². The van der Waals surface area contributed by atoms with Gasteiger partial charge < -0.3 is 14.6 Å². The molecule has 3 aromatic rings. The summed E-state index contributed by atoms with van der Waals surface area (Å²) in [5.74, 6) is 0.595. The van der Waals surface area contributed by atoms with Gasteiger partial charge in [0.15, 0.2) is 5.82 Å². The van der Waals surface area contributed by atoms with E-state index in [1.807, 2.05) is 24.4 Å². The van der Waals surface area contributed by atoms with Gasteiger partial charge in [0.25, 0.3) is 0 Å². The Balaban J connectivity index is 1.29. The molecule has 3 aromatic heterocycles. The highest BCUT2D eigenvalue weighted by Crippen LogP contribution is 2.21. The van der Waals surface area contributed by atoms with Gasteiger partial charge >= 0.3 is 0 Å². The normalized spacial score (nSPS) is 16.5. The molecular formula is C20H21N5O3. The molecule has 4 heterocycles. The molecule has 8 nitrogen and oxygen atoms in total. The van der Waals surface area contributed by atoms with E-state index < -0.39 is 0 Å². The van der Waals surface area contributed by atoms with Crippen molar-refractivity contribution < 1.29 is 14.0 Å². The van der Waals surface area contributed by atoms with Crippen molar-refractivity contribution in [2.45, 2.75) is 25.9 Å². The lowest BCUT2D eigenvalue weighted by Gasteiger charge is -2.14. The molecule has 0 bridgehead atoms. The lowest BCUT2D eigenvalue weighted by molar-refractivity contribution is -0.128. The van der Waals surface area contributed by atoms with Crippen LogP contribution in [0.4, 0.5) is 5.82 Å². The predicted molar refractivity (Wildman–Crippen MR) is 101 cm³/mol. The number of furan rings is 1. The predicted octanol–water partition coefficient (Wildman–Crippen LogP) is 2.10.